The minimum absolute atomic E-state index is 0.164. The van der Waals surface area contributed by atoms with E-state index in [1.54, 1.807) is 11.3 Å². The molecule has 1 saturated carbocycles. The maximum Gasteiger partial charge on any atom is 0.328 e. The SMILES string of the molecule is COC(=O)C(Nc1ccc2sccc2c1)C1CC1. The van der Waals surface area contributed by atoms with Crippen LogP contribution >= 0.6 is 11.3 Å². The molecular formula is C14H15NO2S. The van der Waals surface area contributed by atoms with Crippen molar-refractivity contribution in [2.45, 2.75) is 18.9 Å². The summed E-state index contributed by atoms with van der Waals surface area (Å²) in [6.45, 7) is 0. The van der Waals surface area contributed by atoms with E-state index in [1.165, 1.54) is 17.2 Å². The first-order chi connectivity index (χ1) is 8.78. The summed E-state index contributed by atoms with van der Waals surface area (Å²) in [4.78, 5) is 11.7. The first-order valence-electron chi connectivity index (χ1n) is 6.09. The van der Waals surface area contributed by atoms with E-state index in [0.717, 1.165) is 18.5 Å². The van der Waals surface area contributed by atoms with Gasteiger partial charge in [-0.1, -0.05) is 0 Å². The van der Waals surface area contributed by atoms with E-state index in [1.807, 2.05) is 6.07 Å². The molecule has 3 rings (SSSR count). The van der Waals surface area contributed by atoms with E-state index < -0.39 is 0 Å². The van der Waals surface area contributed by atoms with E-state index in [2.05, 4.69) is 28.9 Å². The largest absolute Gasteiger partial charge is 0.467 e. The molecule has 1 atom stereocenters. The molecule has 3 nitrogen and oxygen atoms in total. The van der Waals surface area contributed by atoms with E-state index >= 15 is 0 Å². The smallest absolute Gasteiger partial charge is 0.328 e. The Morgan fingerprint density at radius 1 is 1.44 bits per heavy atom. The third kappa shape index (κ3) is 2.20. The molecule has 4 heteroatoms. The summed E-state index contributed by atoms with van der Waals surface area (Å²) in [5.74, 6) is 0.263. The monoisotopic (exact) mass is 261 g/mol. The molecule has 1 aromatic carbocycles. The minimum Gasteiger partial charge on any atom is -0.467 e. The second kappa shape index (κ2) is 4.61. The lowest BCUT2D eigenvalue weighted by atomic mass is 10.1. The van der Waals surface area contributed by atoms with E-state index in [4.69, 9.17) is 4.74 Å². The summed E-state index contributed by atoms with van der Waals surface area (Å²) in [5, 5.41) is 6.59. The van der Waals surface area contributed by atoms with E-state index in [-0.39, 0.29) is 12.0 Å². The summed E-state index contributed by atoms with van der Waals surface area (Å²) in [6, 6.07) is 8.09. The minimum atomic E-state index is -0.203. The number of esters is 1. The molecule has 0 bridgehead atoms. The summed E-state index contributed by atoms with van der Waals surface area (Å²) >= 11 is 1.72. The Morgan fingerprint density at radius 2 is 2.28 bits per heavy atom. The van der Waals surface area contributed by atoms with Crippen LogP contribution in [0.25, 0.3) is 10.1 Å². The number of anilines is 1. The highest BCUT2D eigenvalue weighted by atomic mass is 32.1. The molecule has 1 aliphatic carbocycles. The number of carbonyl (C=O) groups excluding carboxylic acids is 1. The summed E-state index contributed by atoms with van der Waals surface area (Å²) in [5.41, 5.74) is 0.989. The predicted molar refractivity (Wildman–Crippen MR) is 74.0 cm³/mol. The number of methoxy groups -OCH3 is 1. The van der Waals surface area contributed by atoms with Gasteiger partial charge in [0.25, 0.3) is 0 Å². The highest BCUT2D eigenvalue weighted by molar-refractivity contribution is 7.17. The fraction of sp³-hybridized carbons (Fsp3) is 0.357. The van der Waals surface area contributed by atoms with Gasteiger partial charge in [-0.3, -0.25) is 0 Å². The molecule has 0 saturated heterocycles. The van der Waals surface area contributed by atoms with Crippen molar-refractivity contribution < 1.29 is 9.53 Å². The Morgan fingerprint density at radius 3 is 3.00 bits per heavy atom. The topological polar surface area (TPSA) is 38.3 Å². The van der Waals surface area contributed by atoms with Gasteiger partial charge in [0, 0.05) is 10.4 Å². The van der Waals surface area contributed by atoms with Gasteiger partial charge in [0.2, 0.25) is 0 Å². The number of hydrogen-bond acceptors (Lipinski definition) is 4. The normalized spacial score (nSPS) is 16.5. The van der Waals surface area contributed by atoms with Gasteiger partial charge in [-0.25, -0.2) is 4.79 Å². The van der Waals surface area contributed by atoms with Crippen molar-refractivity contribution in [3.63, 3.8) is 0 Å². The van der Waals surface area contributed by atoms with Crippen LogP contribution in [-0.2, 0) is 9.53 Å². The molecule has 0 aliphatic heterocycles. The Labute approximate surface area is 110 Å². The molecule has 1 fully saturated rings. The first kappa shape index (κ1) is 11.5. The zero-order chi connectivity index (χ0) is 12.5. The maximum absolute atomic E-state index is 11.7. The van der Waals surface area contributed by atoms with Crippen molar-refractivity contribution in [1.82, 2.24) is 0 Å². The van der Waals surface area contributed by atoms with E-state index in [0.29, 0.717) is 5.92 Å². The van der Waals surface area contributed by atoms with Crippen molar-refractivity contribution in [2.75, 3.05) is 12.4 Å². The quantitative estimate of drug-likeness (QED) is 0.858. The van der Waals surface area contributed by atoms with Gasteiger partial charge in [0.05, 0.1) is 7.11 Å². The third-order valence-electron chi connectivity index (χ3n) is 3.32. The molecule has 0 amide bonds. The predicted octanol–water partition coefficient (Wildman–Crippen LogP) is 3.26. The number of carbonyl (C=O) groups is 1. The van der Waals surface area contributed by atoms with Gasteiger partial charge in [-0.05, 0) is 53.8 Å². The van der Waals surface area contributed by atoms with Gasteiger partial charge >= 0.3 is 5.97 Å². The van der Waals surface area contributed by atoms with Crippen LogP contribution in [0.15, 0.2) is 29.6 Å². The molecule has 0 radical (unpaired) electrons. The highest BCUT2D eigenvalue weighted by Gasteiger charge is 2.36. The zero-order valence-corrected chi connectivity index (χ0v) is 11.0. The Hall–Kier alpha value is -1.55. The number of fused-ring (bicyclic) bond motifs is 1. The van der Waals surface area contributed by atoms with Crippen LogP contribution in [0.3, 0.4) is 0 Å². The van der Waals surface area contributed by atoms with Gasteiger partial charge in [0.15, 0.2) is 0 Å². The number of benzene rings is 1. The van der Waals surface area contributed by atoms with Gasteiger partial charge in [-0.15, -0.1) is 11.3 Å². The molecule has 2 aromatic rings. The Kier molecular flexibility index (Phi) is 2.96. The number of rotatable bonds is 4. The van der Waals surface area contributed by atoms with Crippen molar-refractivity contribution >= 4 is 33.1 Å². The molecule has 18 heavy (non-hydrogen) atoms. The molecule has 1 N–H and O–H groups in total. The Balaban J connectivity index is 1.82. The van der Waals surface area contributed by atoms with E-state index in [9.17, 15) is 4.79 Å². The lowest BCUT2D eigenvalue weighted by Crippen LogP contribution is -2.32. The van der Waals surface area contributed by atoms with Gasteiger partial charge in [0.1, 0.15) is 6.04 Å². The summed E-state index contributed by atoms with van der Waals surface area (Å²) in [6.07, 6.45) is 2.21. The van der Waals surface area contributed by atoms with Crippen LogP contribution in [0.5, 0.6) is 0 Å². The molecule has 1 unspecified atom stereocenters. The molecule has 0 spiro atoms. The number of hydrogen-bond donors (Lipinski definition) is 1. The fourth-order valence-electron chi connectivity index (χ4n) is 2.16. The lowest BCUT2D eigenvalue weighted by Gasteiger charge is -2.17. The standard InChI is InChI=1S/C14H15NO2S/c1-17-14(16)13(9-2-3-9)15-11-4-5-12-10(8-11)6-7-18-12/h4-9,13,15H,2-3H2,1H3. The summed E-state index contributed by atoms with van der Waals surface area (Å²) < 4.78 is 6.12. The lowest BCUT2D eigenvalue weighted by molar-refractivity contribution is -0.142. The molecule has 1 heterocycles. The van der Waals surface area contributed by atoms with Gasteiger partial charge < -0.3 is 10.1 Å². The van der Waals surface area contributed by atoms with Crippen LogP contribution in [-0.4, -0.2) is 19.1 Å². The zero-order valence-electron chi connectivity index (χ0n) is 10.2. The average Bonchev–Trinajstić information content (AvgIpc) is 3.12. The maximum atomic E-state index is 11.7. The van der Waals surface area contributed by atoms with Crippen LogP contribution in [0, 0.1) is 5.92 Å². The fourth-order valence-corrected chi connectivity index (χ4v) is 2.93. The number of nitrogens with one attached hydrogen (secondary N) is 1. The average molecular weight is 261 g/mol. The highest BCUT2D eigenvalue weighted by Crippen LogP contribution is 2.35. The first-order valence-corrected chi connectivity index (χ1v) is 6.97. The van der Waals surface area contributed by atoms with Crippen molar-refractivity contribution in [3.05, 3.63) is 29.6 Å². The number of thiophene rings is 1. The van der Waals surface area contributed by atoms with Crippen molar-refractivity contribution in [3.8, 4) is 0 Å². The van der Waals surface area contributed by atoms with Crippen LogP contribution in [0.4, 0.5) is 5.69 Å². The third-order valence-corrected chi connectivity index (χ3v) is 4.22. The summed E-state index contributed by atoms with van der Waals surface area (Å²) in [7, 11) is 1.45. The Bertz CT molecular complexity index is 574. The number of ether oxygens (including phenoxy) is 1. The molecule has 1 aromatic heterocycles. The van der Waals surface area contributed by atoms with Gasteiger partial charge in [-0.2, -0.15) is 0 Å². The molecule has 94 valence electrons. The van der Waals surface area contributed by atoms with Crippen molar-refractivity contribution in [2.24, 2.45) is 5.92 Å². The molecular weight excluding hydrogens is 246 g/mol. The second-order valence-electron chi connectivity index (χ2n) is 4.66. The van der Waals surface area contributed by atoms with Crippen LogP contribution in [0.1, 0.15) is 12.8 Å². The van der Waals surface area contributed by atoms with Crippen LogP contribution < -0.4 is 5.32 Å². The van der Waals surface area contributed by atoms with Crippen LogP contribution in [0.2, 0.25) is 0 Å². The van der Waals surface area contributed by atoms with Crippen molar-refractivity contribution in [1.29, 1.82) is 0 Å². The molecule has 1 aliphatic rings. The second-order valence-corrected chi connectivity index (χ2v) is 5.60.